The van der Waals surface area contributed by atoms with Gasteiger partial charge in [-0.25, -0.2) is 0 Å². The molecule has 2 heterocycles. The molecule has 1 atom stereocenters. The Hall–Kier alpha value is -0.750. The Kier molecular flexibility index (Phi) is 4.06. The molecule has 16 heavy (non-hydrogen) atoms. The van der Waals surface area contributed by atoms with E-state index in [1.54, 1.807) is 6.07 Å². The minimum atomic E-state index is 0.0474. The van der Waals surface area contributed by atoms with Gasteiger partial charge in [0.1, 0.15) is 0 Å². The van der Waals surface area contributed by atoms with Gasteiger partial charge in [-0.3, -0.25) is 4.90 Å². The average molecular weight is 244 g/mol. The van der Waals surface area contributed by atoms with Crippen molar-refractivity contribution < 1.29 is 9.84 Å². The van der Waals surface area contributed by atoms with Crippen LogP contribution in [0.1, 0.15) is 5.69 Å². The molecular weight excluding hydrogens is 230 g/mol. The van der Waals surface area contributed by atoms with Crippen molar-refractivity contribution in [2.24, 2.45) is 0 Å². The number of halogens is 1. The summed E-state index contributed by atoms with van der Waals surface area (Å²) in [7, 11) is 0. The monoisotopic (exact) mass is 243 g/mol. The van der Waals surface area contributed by atoms with Gasteiger partial charge < -0.3 is 9.84 Å². The Labute approximate surface area is 99.0 Å². The molecule has 88 valence electrons. The summed E-state index contributed by atoms with van der Waals surface area (Å²) in [5.41, 5.74) is 0.852. The maximum Gasteiger partial charge on any atom is 0.151 e. The zero-order chi connectivity index (χ0) is 11.4. The molecule has 6 heteroatoms. The molecule has 2 rings (SSSR count). The lowest BCUT2D eigenvalue weighted by molar-refractivity contribution is -0.0318. The summed E-state index contributed by atoms with van der Waals surface area (Å²) in [6.45, 7) is 2.82. The summed E-state index contributed by atoms with van der Waals surface area (Å²) >= 11 is 5.66. The van der Waals surface area contributed by atoms with Gasteiger partial charge in [-0.15, -0.1) is 5.10 Å². The number of nitrogens with zero attached hydrogens (tertiary/aromatic N) is 3. The Morgan fingerprint density at radius 3 is 3.06 bits per heavy atom. The van der Waals surface area contributed by atoms with Gasteiger partial charge in [0.25, 0.3) is 0 Å². The van der Waals surface area contributed by atoms with Crippen molar-refractivity contribution in [3.8, 4) is 0 Å². The van der Waals surface area contributed by atoms with Crippen LogP contribution in [0.15, 0.2) is 12.1 Å². The summed E-state index contributed by atoms with van der Waals surface area (Å²) in [6.07, 6.45) is 0. The van der Waals surface area contributed by atoms with E-state index in [4.69, 9.17) is 16.3 Å². The van der Waals surface area contributed by atoms with Gasteiger partial charge in [-0.2, -0.15) is 5.10 Å². The summed E-state index contributed by atoms with van der Waals surface area (Å²) in [5, 5.41) is 17.4. The highest BCUT2D eigenvalue weighted by molar-refractivity contribution is 6.29. The standard InChI is InChI=1S/C10H14ClN3O2/c11-10-2-1-8(12-13-10)5-14-3-4-16-7-9(14)6-15/h1-2,9,15H,3-7H2. The Morgan fingerprint density at radius 1 is 1.50 bits per heavy atom. The van der Waals surface area contributed by atoms with E-state index in [-0.39, 0.29) is 12.6 Å². The Morgan fingerprint density at radius 2 is 2.38 bits per heavy atom. The number of hydrogen-bond acceptors (Lipinski definition) is 5. The third-order valence-electron chi connectivity index (χ3n) is 2.61. The molecule has 1 N–H and O–H groups in total. The van der Waals surface area contributed by atoms with Crippen LogP contribution in [-0.4, -0.2) is 52.6 Å². The van der Waals surface area contributed by atoms with E-state index in [2.05, 4.69) is 15.1 Å². The first-order valence-electron chi connectivity index (χ1n) is 5.20. The van der Waals surface area contributed by atoms with Gasteiger partial charge >= 0.3 is 0 Å². The van der Waals surface area contributed by atoms with E-state index in [0.717, 1.165) is 12.2 Å². The maximum atomic E-state index is 9.20. The molecule has 0 bridgehead atoms. The third kappa shape index (κ3) is 2.89. The van der Waals surface area contributed by atoms with E-state index < -0.39 is 0 Å². The molecule has 0 radical (unpaired) electrons. The number of aliphatic hydroxyl groups excluding tert-OH is 1. The van der Waals surface area contributed by atoms with E-state index in [0.29, 0.717) is 24.9 Å². The number of aromatic nitrogens is 2. The number of aliphatic hydroxyl groups is 1. The lowest BCUT2D eigenvalue weighted by atomic mass is 10.2. The first kappa shape index (κ1) is 11.7. The van der Waals surface area contributed by atoms with E-state index in [1.807, 2.05) is 6.07 Å². The summed E-state index contributed by atoms with van der Waals surface area (Å²) in [5.74, 6) is 0. The van der Waals surface area contributed by atoms with E-state index in [9.17, 15) is 5.11 Å². The van der Waals surface area contributed by atoms with Crippen LogP contribution in [0.5, 0.6) is 0 Å². The van der Waals surface area contributed by atoms with Gasteiger partial charge in [-0.05, 0) is 12.1 Å². The zero-order valence-corrected chi connectivity index (χ0v) is 9.60. The number of rotatable bonds is 3. The van der Waals surface area contributed by atoms with Crippen molar-refractivity contribution in [2.75, 3.05) is 26.4 Å². The van der Waals surface area contributed by atoms with Crippen molar-refractivity contribution in [2.45, 2.75) is 12.6 Å². The fourth-order valence-corrected chi connectivity index (χ4v) is 1.80. The summed E-state index contributed by atoms with van der Waals surface area (Å²) < 4.78 is 5.30. The van der Waals surface area contributed by atoms with Crippen molar-refractivity contribution in [3.05, 3.63) is 23.0 Å². The molecule has 0 spiro atoms. The fourth-order valence-electron chi connectivity index (χ4n) is 1.70. The largest absolute Gasteiger partial charge is 0.395 e. The first-order chi connectivity index (χ1) is 7.79. The normalized spacial score (nSPS) is 22.2. The molecule has 1 aromatic heterocycles. The van der Waals surface area contributed by atoms with Crippen LogP contribution in [0, 0.1) is 0 Å². The second kappa shape index (κ2) is 5.54. The van der Waals surface area contributed by atoms with Crippen molar-refractivity contribution in [1.82, 2.24) is 15.1 Å². The lowest BCUT2D eigenvalue weighted by Gasteiger charge is -2.33. The number of hydrogen-bond donors (Lipinski definition) is 1. The second-order valence-corrected chi connectivity index (χ2v) is 4.12. The topological polar surface area (TPSA) is 58.5 Å². The minimum absolute atomic E-state index is 0.0474. The average Bonchev–Trinajstić information content (AvgIpc) is 2.33. The van der Waals surface area contributed by atoms with Crippen molar-refractivity contribution >= 4 is 11.6 Å². The molecule has 1 aromatic rings. The predicted octanol–water partition coefficient (Wildman–Crippen LogP) is 0.323. The smallest absolute Gasteiger partial charge is 0.151 e. The highest BCUT2D eigenvalue weighted by Crippen LogP contribution is 2.11. The number of morpholine rings is 1. The lowest BCUT2D eigenvalue weighted by Crippen LogP contribution is -2.46. The van der Waals surface area contributed by atoms with Crippen molar-refractivity contribution in [3.63, 3.8) is 0 Å². The second-order valence-electron chi connectivity index (χ2n) is 3.73. The molecule has 0 saturated carbocycles. The molecule has 1 aliphatic heterocycles. The van der Waals surface area contributed by atoms with Crippen LogP contribution >= 0.6 is 11.6 Å². The molecule has 1 saturated heterocycles. The van der Waals surface area contributed by atoms with Gasteiger partial charge in [0.05, 0.1) is 31.6 Å². The Balaban J connectivity index is 1.99. The molecular formula is C10H14ClN3O2. The minimum Gasteiger partial charge on any atom is -0.395 e. The fraction of sp³-hybridized carbons (Fsp3) is 0.600. The molecule has 0 aromatic carbocycles. The third-order valence-corrected chi connectivity index (χ3v) is 2.81. The van der Waals surface area contributed by atoms with Crippen molar-refractivity contribution in [1.29, 1.82) is 0 Å². The van der Waals surface area contributed by atoms with Crippen LogP contribution in [0.3, 0.4) is 0 Å². The predicted molar refractivity (Wildman–Crippen MR) is 59.1 cm³/mol. The van der Waals surface area contributed by atoms with Gasteiger partial charge in [-0.1, -0.05) is 11.6 Å². The summed E-state index contributed by atoms with van der Waals surface area (Å²) in [6, 6.07) is 3.61. The SMILES string of the molecule is OCC1COCCN1Cc1ccc(Cl)nn1. The van der Waals surface area contributed by atoms with E-state index >= 15 is 0 Å². The summed E-state index contributed by atoms with van der Waals surface area (Å²) in [4.78, 5) is 2.14. The van der Waals surface area contributed by atoms with Crippen LogP contribution < -0.4 is 0 Å². The molecule has 0 amide bonds. The van der Waals surface area contributed by atoms with Crippen LogP contribution in [0.25, 0.3) is 0 Å². The maximum absolute atomic E-state index is 9.20. The van der Waals surface area contributed by atoms with Crippen LogP contribution in [-0.2, 0) is 11.3 Å². The highest BCUT2D eigenvalue weighted by Gasteiger charge is 2.22. The Bertz CT molecular complexity index is 333. The highest BCUT2D eigenvalue weighted by atomic mass is 35.5. The quantitative estimate of drug-likeness (QED) is 0.829. The molecule has 1 unspecified atom stereocenters. The van der Waals surface area contributed by atoms with Gasteiger partial charge in [0, 0.05) is 13.1 Å². The van der Waals surface area contributed by atoms with E-state index in [1.165, 1.54) is 0 Å². The zero-order valence-electron chi connectivity index (χ0n) is 8.84. The molecule has 5 nitrogen and oxygen atoms in total. The molecule has 0 aliphatic carbocycles. The van der Waals surface area contributed by atoms with Crippen LogP contribution in [0.4, 0.5) is 0 Å². The van der Waals surface area contributed by atoms with Gasteiger partial charge in [0.15, 0.2) is 5.15 Å². The van der Waals surface area contributed by atoms with Crippen LogP contribution in [0.2, 0.25) is 5.15 Å². The first-order valence-corrected chi connectivity index (χ1v) is 5.58. The molecule has 1 fully saturated rings. The van der Waals surface area contributed by atoms with Gasteiger partial charge in [0.2, 0.25) is 0 Å². The number of ether oxygens (including phenoxy) is 1. The molecule has 1 aliphatic rings.